The zero-order valence-electron chi connectivity index (χ0n) is 10.3. The van der Waals surface area contributed by atoms with Gasteiger partial charge in [-0.3, -0.25) is 5.32 Å². The second-order valence-corrected chi connectivity index (χ2v) is 5.23. The topological polar surface area (TPSA) is 75.1 Å². The van der Waals surface area contributed by atoms with Gasteiger partial charge in [-0.25, -0.2) is 4.79 Å². The SMILES string of the molecule is O=C(O)Nc1c(CC2CCC2)nnc2c1CCC2. The number of fused-ring (bicyclic) bond motifs is 1. The molecule has 0 radical (unpaired) electrons. The van der Waals surface area contributed by atoms with Crippen LogP contribution in [0.2, 0.25) is 0 Å². The Morgan fingerprint density at radius 1 is 1.28 bits per heavy atom. The third-order valence-electron chi connectivity index (χ3n) is 4.01. The molecule has 1 amide bonds. The number of amides is 1. The molecule has 5 heteroatoms. The number of aryl methyl sites for hydroxylation is 1. The van der Waals surface area contributed by atoms with Gasteiger partial charge >= 0.3 is 6.09 Å². The standard InChI is InChI=1S/C13H17N3O2/c17-13(18)14-12-9-5-2-6-10(9)15-16-11(12)7-8-3-1-4-8/h8H,1-7H2,(H,14,15)(H,17,18). The lowest BCUT2D eigenvalue weighted by atomic mass is 9.81. The van der Waals surface area contributed by atoms with Gasteiger partial charge in [0.05, 0.1) is 17.1 Å². The summed E-state index contributed by atoms with van der Waals surface area (Å²) in [4.78, 5) is 10.9. The number of rotatable bonds is 3. The van der Waals surface area contributed by atoms with E-state index in [4.69, 9.17) is 5.11 Å². The minimum atomic E-state index is -1.01. The maximum absolute atomic E-state index is 10.9. The maximum Gasteiger partial charge on any atom is 0.409 e. The predicted molar refractivity (Wildman–Crippen MR) is 66.7 cm³/mol. The van der Waals surface area contributed by atoms with Crippen molar-refractivity contribution in [1.29, 1.82) is 0 Å². The van der Waals surface area contributed by atoms with Crippen LogP contribution in [0.1, 0.15) is 42.6 Å². The number of anilines is 1. The van der Waals surface area contributed by atoms with E-state index in [9.17, 15) is 4.79 Å². The van der Waals surface area contributed by atoms with Gasteiger partial charge in [-0.05, 0) is 31.6 Å². The summed E-state index contributed by atoms with van der Waals surface area (Å²) in [6, 6.07) is 0. The average Bonchev–Trinajstić information content (AvgIpc) is 2.73. The number of carboxylic acid groups (broad SMARTS) is 1. The van der Waals surface area contributed by atoms with Gasteiger partial charge in [0.2, 0.25) is 0 Å². The first kappa shape index (κ1) is 11.4. The molecule has 0 aliphatic heterocycles. The van der Waals surface area contributed by atoms with Crippen LogP contribution in [-0.2, 0) is 19.3 Å². The molecule has 3 rings (SSSR count). The van der Waals surface area contributed by atoms with Gasteiger partial charge in [0.25, 0.3) is 0 Å². The molecule has 0 bridgehead atoms. The van der Waals surface area contributed by atoms with Crippen LogP contribution in [0.5, 0.6) is 0 Å². The van der Waals surface area contributed by atoms with Gasteiger partial charge in [0.15, 0.2) is 0 Å². The Balaban J connectivity index is 1.93. The van der Waals surface area contributed by atoms with E-state index in [0.717, 1.165) is 48.3 Å². The number of carbonyl (C=O) groups is 1. The smallest absolute Gasteiger partial charge is 0.409 e. The third kappa shape index (κ3) is 2.05. The van der Waals surface area contributed by atoms with E-state index >= 15 is 0 Å². The zero-order chi connectivity index (χ0) is 12.5. The highest BCUT2D eigenvalue weighted by Crippen LogP contribution is 2.34. The Labute approximate surface area is 106 Å². The molecule has 0 saturated heterocycles. The Morgan fingerprint density at radius 2 is 2.11 bits per heavy atom. The quantitative estimate of drug-likeness (QED) is 0.860. The van der Waals surface area contributed by atoms with Crippen LogP contribution in [0, 0.1) is 5.92 Å². The number of nitrogens with zero attached hydrogens (tertiary/aromatic N) is 2. The summed E-state index contributed by atoms with van der Waals surface area (Å²) in [7, 11) is 0. The molecule has 1 aromatic heterocycles. The lowest BCUT2D eigenvalue weighted by Gasteiger charge is -2.25. The van der Waals surface area contributed by atoms with Crippen LogP contribution in [0.15, 0.2) is 0 Å². The van der Waals surface area contributed by atoms with Crippen molar-refractivity contribution in [3.05, 3.63) is 17.0 Å². The summed E-state index contributed by atoms with van der Waals surface area (Å²) in [5.74, 6) is 0.660. The molecule has 0 spiro atoms. The molecule has 0 aromatic carbocycles. The van der Waals surface area contributed by atoms with Crippen LogP contribution < -0.4 is 5.32 Å². The predicted octanol–water partition coefficient (Wildman–Crippen LogP) is 2.40. The molecule has 2 aliphatic rings. The Kier molecular flexibility index (Phi) is 2.89. The number of hydrogen-bond acceptors (Lipinski definition) is 3. The number of nitrogens with one attached hydrogen (secondary N) is 1. The highest BCUT2D eigenvalue weighted by Gasteiger charge is 2.25. The Hall–Kier alpha value is -1.65. The first-order valence-corrected chi connectivity index (χ1v) is 6.61. The van der Waals surface area contributed by atoms with E-state index in [2.05, 4.69) is 15.5 Å². The van der Waals surface area contributed by atoms with E-state index in [-0.39, 0.29) is 0 Å². The van der Waals surface area contributed by atoms with Crippen LogP contribution in [0.4, 0.5) is 10.5 Å². The van der Waals surface area contributed by atoms with E-state index in [1.165, 1.54) is 19.3 Å². The highest BCUT2D eigenvalue weighted by molar-refractivity contribution is 5.85. The summed E-state index contributed by atoms with van der Waals surface area (Å²) in [5, 5.41) is 20.0. The zero-order valence-corrected chi connectivity index (χ0v) is 10.3. The molecule has 1 fully saturated rings. The molecule has 2 aliphatic carbocycles. The fourth-order valence-electron chi connectivity index (χ4n) is 2.82. The van der Waals surface area contributed by atoms with Crippen molar-refractivity contribution in [2.75, 3.05) is 5.32 Å². The van der Waals surface area contributed by atoms with E-state index < -0.39 is 6.09 Å². The average molecular weight is 247 g/mol. The summed E-state index contributed by atoms with van der Waals surface area (Å²) in [6.07, 6.45) is 6.47. The lowest BCUT2D eigenvalue weighted by Crippen LogP contribution is -2.19. The van der Waals surface area contributed by atoms with Crippen molar-refractivity contribution >= 4 is 11.8 Å². The van der Waals surface area contributed by atoms with Crippen molar-refractivity contribution < 1.29 is 9.90 Å². The Morgan fingerprint density at radius 3 is 2.78 bits per heavy atom. The molecule has 18 heavy (non-hydrogen) atoms. The molecular weight excluding hydrogens is 230 g/mol. The summed E-state index contributed by atoms with van der Waals surface area (Å²) >= 11 is 0. The number of aromatic nitrogens is 2. The molecule has 0 atom stereocenters. The molecule has 1 heterocycles. The molecular formula is C13H17N3O2. The van der Waals surface area contributed by atoms with Crippen LogP contribution in [0.3, 0.4) is 0 Å². The second kappa shape index (κ2) is 4.55. The molecule has 2 N–H and O–H groups in total. The normalized spacial score (nSPS) is 18.2. The fraction of sp³-hybridized carbons (Fsp3) is 0.615. The van der Waals surface area contributed by atoms with Crippen molar-refractivity contribution in [3.8, 4) is 0 Å². The van der Waals surface area contributed by atoms with Crippen molar-refractivity contribution in [1.82, 2.24) is 10.2 Å². The van der Waals surface area contributed by atoms with Gasteiger partial charge in [-0.1, -0.05) is 19.3 Å². The van der Waals surface area contributed by atoms with Crippen LogP contribution in [0.25, 0.3) is 0 Å². The first-order chi connectivity index (χ1) is 8.74. The molecule has 0 unspecified atom stereocenters. The van der Waals surface area contributed by atoms with Gasteiger partial charge in [0.1, 0.15) is 0 Å². The first-order valence-electron chi connectivity index (χ1n) is 6.61. The van der Waals surface area contributed by atoms with Crippen molar-refractivity contribution in [2.24, 2.45) is 5.92 Å². The maximum atomic E-state index is 10.9. The molecule has 1 saturated carbocycles. The summed E-state index contributed by atoms with van der Waals surface area (Å²) in [5.41, 5.74) is 3.59. The van der Waals surface area contributed by atoms with Gasteiger partial charge < -0.3 is 5.11 Å². The van der Waals surface area contributed by atoms with E-state index in [1.807, 2.05) is 0 Å². The van der Waals surface area contributed by atoms with Crippen LogP contribution >= 0.6 is 0 Å². The van der Waals surface area contributed by atoms with E-state index in [0.29, 0.717) is 5.92 Å². The monoisotopic (exact) mass is 247 g/mol. The number of hydrogen-bond donors (Lipinski definition) is 2. The van der Waals surface area contributed by atoms with Crippen molar-refractivity contribution in [2.45, 2.75) is 44.9 Å². The fourth-order valence-corrected chi connectivity index (χ4v) is 2.82. The second-order valence-electron chi connectivity index (χ2n) is 5.23. The summed E-state index contributed by atoms with van der Waals surface area (Å²) < 4.78 is 0. The van der Waals surface area contributed by atoms with Gasteiger partial charge in [-0.15, -0.1) is 0 Å². The minimum Gasteiger partial charge on any atom is -0.465 e. The molecule has 5 nitrogen and oxygen atoms in total. The van der Waals surface area contributed by atoms with Gasteiger partial charge in [-0.2, -0.15) is 10.2 Å². The summed E-state index contributed by atoms with van der Waals surface area (Å²) in [6.45, 7) is 0. The van der Waals surface area contributed by atoms with Crippen molar-refractivity contribution in [3.63, 3.8) is 0 Å². The minimum absolute atomic E-state index is 0.660. The van der Waals surface area contributed by atoms with Gasteiger partial charge in [0, 0.05) is 5.56 Å². The van der Waals surface area contributed by atoms with Crippen LogP contribution in [-0.4, -0.2) is 21.4 Å². The lowest BCUT2D eigenvalue weighted by molar-refractivity contribution is 0.209. The molecule has 96 valence electrons. The third-order valence-corrected chi connectivity index (χ3v) is 4.01. The largest absolute Gasteiger partial charge is 0.465 e. The highest BCUT2D eigenvalue weighted by atomic mass is 16.4. The Bertz CT molecular complexity index is 483. The van der Waals surface area contributed by atoms with E-state index in [1.54, 1.807) is 0 Å². The molecule has 1 aromatic rings.